The first-order chi connectivity index (χ1) is 20.8. The number of anilines is 1. The maximum Gasteiger partial charge on any atom is 0.417 e. The molecule has 3 heterocycles. The topological polar surface area (TPSA) is 67.7 Å². The number of benzene rings is 2. The van der Waals surface area contributed by atoms with Crippen molar-refractivity contribution in [1.82, 2.24) is 14.5 Å². The van der Waals surface area contributed by atoms with Crippen molar-refractivity contribution in [2.75, 3.05) is 30.3 Å². The summed E-state index contributed by atoms with van der Waals surface area (Å²) >= 11 is 6.98. The summed E-state index contributed by atoms with van der Waals surface area (Å²) in [7, 11) is 0. The lowest BCUT2D eigenvalue weighted by Crippen LogP contribution is -2.58. The van der Waals surface area contributed by atoms with Crippen molar-refractivity contribution in [2.45, 2.75) is 62.0 Å². The lowest BCUT2D eigenvalue weighted by molar-refractivity contribution is -0.137. The number of amides is 1. The number of nitrogens with zero attached hydrogens (tertiary/aromatic N) is 4. The number of ether oxygens (including phenoxy) is 1. The minimum atomic E-state index is -4.96. The number of carbonyl (C=O) groups excluding carboxylic acids is 1. The second-order valence-corrected chi connectivity index (χ2v) is 12.8. The molecule has 6 rings (SSSR count). The van der Waals surface area contributed by atoms with Gasteiger partial charge in [-0.1, -0.05) is 18.2 Å². The van der Waals surface area contributed by atoms with E-state index in [-0.39, 0.29) is 71.2 Å². The van der Waals surface area contributed by atoms with Crippen LogP contribution in [0, 0.1) is 11.6 Å². The third-order valence-electron chi connectivity index (χ3n) is 8.21. The van der Waals surface area contributed by atoms with E-state index < -0.39 is 51.3 Å². The summed E-state index contributed by atoms with van der Waals surface area (Å²) in [6.07, 6.45) is -1.92. The largest absolute Gasteiger partial charge is 0.417 e. The van der Waals surface area contributed by atoms with E-state index in [2.05, 4.69) is 11.6 Å². The fraction of sp³-hybridized carbons (Fsp3) is 0.433. The second kappa shape index (κ2) is 11.3. The highest BCUT2D eigenvalue weighted by Crippen LogP contribution is 2.51. The molecule has 2 fully saturated rings. The van der Waals surface area contributed by atoms with Gasteiger partial charge in [-0.05, 0) is 44.9 Å². The molecule has 0 bridgehead atoms. The number of carbonyl (C=O) groups is 1. The highest BCUT2D eigenvalue weighted by atomic mass is 35.5. The van der Waals surface area contributed by atoms with Gasteiger partial charge in [0, 0.05) is 58.4 Å². The molecule has 3 atom stereocenters. The van der Waals surface area contributed by atoms with Gasteiger partial charge in [0.15, 0.2) is 0 Å². The van der Waals surface area contributed by atoms with Gasteiger partial charge in [0.2, 0.25) is 5.91 Å². The Labute approximate surface area is 258 Å². The lowest BCUT2D eigenvalue weighted by Gasteiger charge is -2.45. The Balaban J connectivity index is 1.63. The Bertz CT molecular complexity index is 1730. The van der Waals surface area contributed by atoms with Gasteiger partial charge in [-0.25, -0.2) is 13.6 Å². The van der Waals surface area contributed by atoms with Crippen LogP contribution in [0.4, 0.5) is 27.8 Å². The molecule has 1 aliphatic carbocycles. The van der Waals surface area contributed by atoms with E-state index in [9.17, 15) is 27.2 Å². The monoisotopic (exact) mass is 654 g/mol. The number of hydrogen-bond acceptors (Lipinski definition) is 6. The molecule has 2 aromatic carbocycles. The molecule has 1 aromatic heterocycles. The normalized spacial score (nSPS) is 22.0. The van der Waals surface area contributed by atoms with Crippen LogP contribution < -0.4 is 10.6 Å². The molecule has 0 radical (unpaired) electrons. The van der Waals surface area contributed by atoms with Crippen LogP contribution >= 0.6 is 23.4 Å². The Hall–Kier alpha value is -3.16. The molecule has 7 nitrogen and oxygen atoms in total. The van der Waals surface area contributed by atoms with E-state index in [1.165, 1.54) is 10.6 Å². The zero-order valence-electron chi connectivity index (χ0n) is 23.8. The van der Waals surface area contributed by atoms with E-state index >= 15 is 4.39 Å². The van der Waals surface area contributed by atoms with Crippen LogP contribution in [0.15, 0.2) is 40.5 Å². The van der Waals surface area contributed by atoms with Crippen molar-refractivity contribution < 1.29 is 31.5 Å². The molecular weight excluding hydrogens is 627 g/mol. The summed E-state index contributed by atoms with van der Waals surface area (Å²) in [5.41, 5.74) is -2.75. The number of hydrogen-bond donors (Lipinski definition) is 0. The standard InChI is InChI=1S/C30H28ClF5N4O3S/c1-4-24(41)39-14(2)10-38(11-15(39)3)28-19-7-20(30(34,35)36)25(18-8-21(31)23(33)9-22(18)32)27-26(19)40(29(42)37-28)16(13-44-27)12-43-17-5-6-17/h4,7-9,14-17H,1,5-6,10-13H2,2-3H3/t14-,15+,16?. The van der Waals surface area contributed by atoms with E-state index in [0.717, 1.165) is 36.7 Å². The molecule has 3 aliphatic rings. The molecule has 14 heteroatoms. The summed E-state index contributed by atoms with van der Waals surface area (Å²) in [4.78, 5) is 34.0. The van der Waals surface area contributed by atoms with Crippen LogP contribution in [0.5, 0.6) is 0 Å². The Kier molecular flexibility index (Phi) is 7.94. The summed E-state index contributed by atoms with van der Waals surface area (Å²) in [5.74, 6) is -2.42. The highest BCUT2D eigenvalue weighted by Gasteiger charge is 2.41. The summed E-state index contributed by atoms with van der Waals surface area (Å²) in [5, 5.41) is -0.489. The quantitative estimate of drug-likeness (QED) is 0.173. The predicted octanol–water partition coefficient (Wildman–Crippen LogP) is 6.45. The predicted molar refractivity (Wildman–Crippen MR) is 158 cm³/mol. The van der Waals surface area contributed by atoms with Crippen molar-refractivity contribution in [3.63, 3.8) is 0 Å². The number of piperazine rings is 1. The molecule has 44 heavy (non-hydrogen) atoms. The van der Waals surface area contributed by atoms with Gasteiger partial charge >= 0.3 is 11.9 Å². The second-order valence-electron chi connectivity index (χ2n) is 11.4. The fourth-order valence-electron chi connectivity index (χ4n) is 6.18. The smallest absolute Gasteiger partial charge is 0.376 e. The molecule has 1 saturated heterocycles. The van der Waals surface area contributed by atoms with Gasteiger partial charge in [-0.15, -0.1) is 11.8 Å². The molecule has 0 spiro atoms. The Morgan fingerprint density at radius 1 is 1.16 bits per heavy atom. The average Bonchev–Trinajstić information content (AvgIpc) is 3.79. The van der Waals surface area contributed by atoms with Crippen molar-refractivity contribution in [3.05, 3.63) is 63.6 Å². The zero-order valence-corrected chi connectivity index (χ0v) is 25.3. The maximum absolute atomic E-state index is 15.3. The van der Waals surface area contributed by atoms with Crippen LogP contribution in [-0.4, -0.2) is 64.0 Å². The lowest BCUT2D eigenvalue weighted by atomic mass is 9.95. The minimum absolute atomic E-state index is 0.0152. The molecule has 1 amide bonds. The number of alkyl halides is 3. The first-order valence-electron chi connectivity index (χ1n) is 14.1. The Morgan fingerprint density at radius 3 is 2.45 bits per heavy atom. The highest BCUT2D eigenvalue weighted by molar-refractivity contribution is 7.99. The third-order valence-corrected chi connectivity index (χ3v) is 9.74. The molecular formula is C30H28ClF5N4O3S. The maximum atomic E-state index is 15.3. The molecule has 1 unspecified atom stereocenters. The van der Waals surface area contributed by atoms with Gasteiger partial charge in [-0.2, -0.15) is 18.2 Å². The van der Waals surface area contributed by atoms with Crippen LogP contribution in [0.3, 0.4) is 0 Å². The summed E-state index contributed by atoms with van der Waals surface area (Å²) in [6, 6.07) is 0.877. The van der Waals surface area contributed by atoms with Crippen LogP contribution in [0.25, 0.3) is 22.0 Å². The van der Waals surface area contributed by atoms with Crippen molar-refractivity contribution >= 4 is 46.0 Å². The van der Waals surface area contributed by atoms with Crippen LogP contribution in [0.2, 0.25) is 5.02 Å². The molecule has 2 aliphatic heterocycles. The van der Waals surface area contributed by atoms with Crippen LogP contribution in [-0.2, 0) is 15.7 Å². The number of halogens is 6. The van der Waals surface area contributed by atoms with Gasteiger partial charge in [0.25, 0.3) is 0 Å². The van der Waals surface area contributed by atoms with Crippen molar-refractivity contribution in [3.8, 4) is 11.1 Å². The van der Waals surface area contributed by atoms with E-state index in [1.54, 1.807) is 23.6 Å². The number of aromatic nitrogens is 2. The zero-order chi connectivity index (χ0) is 31.7. The first-order valence-corrected chi connectivity index (χ1v) is 15.5. The summed E-state index contributed by atoms with van der Waals surface area (Å²) < 4.78 is 81.1. The molecule has 0 N–H and O–H groups in total. The first kappa shape index (κ1) is 30.8. The third kappa shape index (κ3) is 5.36. The van der Waals surface area contributed by atoms with Gasteiger partial charge in [0.05, 0.1) is 34.9 Å². The summed E-state index contributed by atoms with van der Waals surface area (Å²) in [6.45, 7) is 7.68. The Morgan fingerprint density at radius 2 is 1.84 bits per heavy atom. The minimum Gasteiger partial charge on any atom is -0.376 e. The number of rotatable bonds is 6. The van der Waals surface area contributed by atoms with E-state index in [0.29, 0.717) is 6.07 Å². The fourth-order valence-corrected chi connectivity index (χ4v) is 7.65. The van der Waals surface area contributed by atoms with Crippen molar-refractivity contribution in [2.24, 2.45) is 0 Å². The SMILES string of the molecule is C=CC(=O)N1[C@H](C)CN(c2nc(=O)n3c4c(c(-c5cc(Cl)c(F)cc5F)c(C(F)(F)F)cc24)SCC3COC2CC2)C[C@@H]1C. The molecule has 234 valence electrons. The van der Waals surface area contributed by atoms with Gasteiger partial charge in [0.1, 0.15) is 17.5 Å². The molecule has 1 saturated carbocycles. The van der Waals surface area contributed by atoms with E-state index in [4.69, 9.17) is 16.3 Å². The molecule has 3 aromatic rings. The van der Waals surface area contributed by atoms with Crippen LogP contribution in [0.1, 0.15) is 38.3 Å². The number of thioether (sulfide) groups is 1. The van der Waals surface area contributed by atoms with Gasteiger partial charge in [-0.3, -0.25) is 9.36 Å². The average molecular weight is 655 g/mol. The van der Waals surface area contributed by atoms with E-state index in [1.807, 2.05) is 0 Å². The van der Waals surface area contributed by atoms with Gasteiger partial charge < -0.3 is 14.5 Å². The van der Waals surface area contributed by atoms with Crippen molar-refractivity contribution in [1.29, 1.82) is 0 Å².